The highest BCUT2D eigenvalue weighted by molar-refractivity contribution is 7.99. The highest BCUT2D eigenvalue weighted by atomic mass is 35.5. The Hall–Kier alpha value is -2.84. The van der Waals surface area contributed by atoms with Gasteiger partial charge in [-0.3, -0.25) is 9.36 Å². The summed E-state index contributed by atoms with van der Waals surface area (Å²) in [6, 6.07) is 15.5. The van der Waals surface area contributed by atoms with E-state index in [0.717, 1.165) is 40.7 Å². The molecule has 1 aliphatic rings. The van der Waals surface area contributed by atoms with Gasteiger partial charge < -0.3 is 4.74 Å². The number of aromatic nitrogens is 3. The number of ether oxygens (including phenoxy) is 1. The minimum atomic E-state index is -0.196. The van der Waals surface area contributed by atoms with Gasteiger partial charge in [-0.25, -0.2) is 5.43 Å². The van der Waals surface area contributed by atoms with Crippen molar-refractivity contribution in [2.75, 3.05) is 12.9 Å². The second-order valence-electron chi connectivity index (χ2n) is 8.23. The monoisotopic (exact) mass is 497 g/mol. The summed E-state index contributed by atoms with van der Waals surface area (Å²) in [4.78, 5) is 12.5. The molecule has 1 amide bonds. The number of carbonyl (C=O) groups excluding carboxylic acids is 1. The quantitative estimate of drug-likeness (QED) is 0.243. The molecule has 1 fully saturated rings. The van der Waals surface area contributed by atoms with Crippen molar-refractivity contribution in [3.8, 4) is 17.1 Å². The maximum atomic E-state index is 12.5. The predicted molar refractivity (Wildman–Crippen MR) is 137 cm³/mol. The van der Waals surface area contributed by atoms with Crippen LogP contribution < -0.4 is 10.2 Å². The van der Waals surface area contributed by atoms with E-state index in [1.54, 1.807) is 7.11 Å². The third-order valence-corrected chi connectivity index (χ3v) is 7.07. The summed E-state index contributed by atoms with van der Waals surface area (Å²) >= 11 is 7.46. The zero-order valence-electron chi connectivity index (χ0n) is 19.3. The van der Waals surface area contributed by atoms with Gasteiger partial charge in [-0.05, 0) is 56.2 Å². The van der Waals surface area contributed by atoms with Gasteiger partial charge in [0.05, 0.1) is 18.6 Å². The molecule has 4 rings (SSSR count). The molecule has 1 saturated carbocycles. The molecule has 0 unspecified atom stereocenters. The topological polar surface area (TPSA) is 81.4 Å². The smallest absolute Gasteiger partial charge is 0.250 e. The Bertz CT molecular complexity index is 1160. The number of methoxy groups -OCH3 is 1. The second-order valence-corrected chi connectivity index (χ2v) is 9.61. The van der Waals surface area contributed by atoms with Gasteiger partial charge in [-0.1, -0.05) is 54.8 Å². The van der Waals surface area contributed by atoms with Gasteiger partial charge >= 0.3 is 0 Å². The maximum Gasteiger partial charge on any atom is 0.250 e. The molecule has 7 nitrogen and oxygen atoms in total. The number of hydrazone groups is 1. The number of hydrogen-bond donors (Lipinski definition) is 1. The molecule has 0 saturated heterocycles. The summed E-state index contributed by atoms with van der Waals surface area (Å²) in [5, 5.41) is 14.6. The lowest BCUT2D eigenvalue weighted by atomic mass is 9.95. The van der Waals surface area contributed by atoms with Crippen LogP contribution in [0.4, 0.5) is 0 Å². The lowest BCUT2D eigenvalue weighted by Crippen LogP contribution is -2.22. The molecule has 178 valence electrons. The second kappa shape index (κ2) is 11.5. The van der Waals surface area contributed by atoms with E-state index in [2.05, 4.69) is 25.3 Å². The number of nitrogens with zero attached hydrogens (tertiary/aromatic N) is 4. The molecule has 1 heterocycles. The van der Waals surface area contributed by atoms with Gasteiger partial charge in [0.2, 0.25) is 0 Å². The Labute approximate surface area is 208 Å². The fourth-order valence-electron chi connectivity index (χ4n) is 4.06. The minimum absolute atomic E-state index is 0.195. The number of thioether (sulfide) groups is 1. The normalized spacial score (nSPS) is 14.7. The van der Waals surface area contributed by atoms with Crippen molar-refractivity contribution < 1.29 is 9.53 Å². The lowest BCUT2D eigenvalue weighted by molar-refractivity contribution is -0.118. The molecule has 9 heteroatoms. The first kappa shape index (κ1) is 24.3. The Kier molecular flexibility index (Phi) is 8.24. The van der Waals surface area contributed by atoms with Crippen molar-refractivity contribution in [3.63, 3.8) is 0 Å². The van der Waals surface area contributed by atoms with E-state index in [1.807, 2.05) is 55.5 Å². The van der Waals surface area contributed by atoms with Gasteiger partial charge in [0.15, 0.2) is 11.0 Å². The number of carbonyl (C=O) groups is 1. The first-order valence-corrected chi connectivity index (χ1v) is 12.7. The molecule has 0 spiro atoms. The van der Waals surface area contributed by atoms with Crippen LogP contribution in [0.25, 0.3) is 11.4 Å². The van der Waals surface area contributed by atoms with E-state index in [9.17, 15) is 4.79 Å². The minimum Gasteiger partial charge on any atom is -0.497 e. The van der Waals surface area contributed by atoms with Crippen molar-refractivity contribution in [2.45, 2.75) is 50.2 Å². The highest BCUT2D eigenvalue weighted by Gasteiger charge is 2.24. The lowest BCUT2D eigenvalue weighted by Gasteiger charge is -2.25. The number of hydrogen-bond acceptors (Lipinski definition) is 6. The highest BCUT2D eigenvalue weighted by Crippen LogP contribution is 2.35. The van der Waals surface area contributed by atoms with Crippen LogP contribution >= 0.6 is 23.4 Å². The molecular weight excluding hydrogens is 470 g/mol. The summed E-state index contributed by atoms with van der Waals surface area (Å²) in [6.45, 7) is 1.85. The molecule has 1 aliphatic carbocycles. The molecule has 34 heavy (non-hydrogen) atoms. The average molecular weight is 498 g/mol. The fraction of sp³-hybridized carbons (Fsp3) is 0.360. The van der Waals surface area contributed by atoms with Crippen LogP contribution in [0.15, 0.2) is 58.8 Å². The molecular formula is C25H28ClN5O2S. The first-order chi connectivity index (χ1) is 16.5. The molecule has 0 aliphatic heterocycles. The first-order valence-electron chi connectivity index (χ1n) is 11.4. The Morgan fingerprint density at radius 1 is 1.18 bits per heavy atom. The van der Waals surface area contributed by atoms with Crippen molar-refractivity contribution in [3.05, 3.63) is 59.1 Å². The van der Waals surface area contributed by atoms with Crippen LogP contribution in [-0.2, 0) is 4.79 Å². The van der Waals surface area contributed by atoms with Crippen LogP contribution in [0.2, 0.25) is 5.02 Å². The summed E-state index contributed by atoms with van der Waals surface area (Å²) in [7, 11) is 1.62. The van der Waals surface area contributed by atoms with Crippen molar-refractivity contribution >= 4 is 35.0 Å². The zero-order chi connectivity index (χ0) is 23.9. The van der Waals surface area contributed by atoms with Gasteiger partial charge in [-0.2, -0.15) is 5.10 Å². The van der Waals surface area contributed by atoms with Gasteiger partial charge in [0.1, 0.15) is 5.75 Å². The van der Waals surface area contributed by atoms with Gasteiger partial charge in [0, 0.05) is 22.2 Å². The number of rotatable bonds is 8. The van der Waals surface area contributed by atoms with Crippen LogP contribution in [-0.4, -0.2) is 39.2 Å². The molecule has 2 aromatic carbocycles. The van der Waals surface area contributed by atoms with Crippen molar-refractivity contribution in [1.29, 1.82) is 0 Å². The number of amides is 1. The largest absolute Gasteiger partial charge is 0.497 e. The van der Waals surface area contributed by atoms with E-state index in [4.69, 9.17) is 16.3 Å². The predicted octanol–water partition coefficient (Wildman–Crippen LogP) is 5.74. The SMILES string of the molecule is COc1cccc(/C(C)=N/NC(=O)CSc2nnc(-c3ccc(Cl)cc3)n2C2CCCCC2)c1. The van der Waals surface area contributed by atoms with Crippen LogP contribution in [0.3, 0.4) is 0 Å². The van der Waals surface area contributed by atoms with Crippen LogP contribution in [0, 0.1) is 0 Å². The Morgan fingerprint density at radius 3 is 2.68 bits per heavy atom. The van der Waals surface area contributed by atoms with Crippen molar-refractivity contribution in [2.24, 2.45) is 5.10 Å². The molecule has 1 N–H and O–H groups in total. The van der Waals surface area contributed by atoms with E-state index >= 15 is 0 Å². The Balaban J connectivity index is 1.46. The molecule has 1 aromatic heterocycles. The molecule has 0 bridgehead atoms. The zero-order valence-corrected chi connectivity index (χ0v) is 20.9. The molecule has 0 radical (unpaired) electrons. The summed E-state index contributed by atoms with van der Waals surface area (Å²) in [5.74, 6) is 1.56. The van der Waals surface area contributed by atoms with Gasteiger partial charge in [-0.15, -0.1) is 10.2 Å². The number of nitrogens with one attached hydrogen (secondary N) is 1. The summed E-state index contributed by atoms with van der Waals surface area (Å²) in [5.41, 5.74) is 5.20. The number of benzene rings is 2. The van der Waals surface area contributed by atoms with E-state index in [0.29, 0.717) is 16.8 Å². The van der Waals surface area contributed by atoms with Gasteiger partial charge in [0.25, 0.3) is 5.91 Å². The van der Waals surface area contributed by atoms with Crippen molar-refractivity contribution in [1.82, 2.24) is 20.2 Å². The number of halogens is 1. The van der Waals surface area contributed by atoms with Crippen LogP contribution in [0.1, 0.15) is 50.6 Å². The summed E-state index contributed by atoms with van der Waals surface area (Å²) < 4.78 is 7.45. The third kappa shape index (κ3) is 5.98. The van der Waals surface area contributed by atoms with E-state index in [1.165, 1.54) is 31.0 Å². The van der Waals surface area contributed by atoms with Crippen LogP contribution in [0.5, 0.6) is 5.75 Å². The summed E-state index contributed by atoms with van der Waals surface area (Å²) in [6.07, 6.45) is 5.80. The molecule has 3 aromatic rings. The fourth-order valence-corrected chi connectivity index (χ4v) is 4.98. The average Bonchev–Trinajstić information content (AvgIpc) is 3.31. The maximum absolute atomic E-state index is 12.5. The third-order valence-electron chi connectivity index (χ3n) is 5.87. The molecule has 0 atom stereocenters. The van der Waals surface area contributed by atoms with E-state index in [-0.39, 0.29) is 11.7 Å². The standard InChI is InChI=1S/C25H28ClN5O2S/c1-17(19-7-6-10-22(15-19)33-2)27-28-23(32)16-34-25-30-29-24(18-11-13-20(26)14-12-18)31(25)21-8-4-3-5-9-21/h6-7,10-15,21H,3-5,8-9,16H2,1-2H3,(H,28,32)/b27-17+. The Morgan fingerprint density at radius 2 is 1.94 bits per heavy atom. The van der Waals surface area contributed by atoms with E-state index < -0.39 is 0 Å².